The standard InChI is InChI=1S/C25H34N2O2.2ClH/c1-2-28-24-18-22(12-13-23(24)29-19-20-8-4-3-5-9-20)25(21-10-6-7-11-21)27-16-14-26-15-17-27;;/h3-5,8-9,12-13,18,21,25-26H,2,6-7,10-11,14-17,19H2,1H3;2*1H/t25-;;/m1../s1. The van der Waals surface area contributed by atoms with E-state index >= 15 is 0 Å². The van der Waals surface area contributed by atoms with Gasteiger partial charge in [-0.25, -0.2) is 0 Å². The largest absolute Gasteiger partial charge is 0.490 e. The second-order valence-corrected chi connectivity index (χ2v) is 8.19. The third kappa shape index (κ3) is 6.76. The van der Waals surface area contributed by atoms with Crippen molar-refractivity contribution in [3.05, 3.63) is 59.7 Å². The Morgan fingerprint density at radius 3 is 2.32 bits per heavy atom. The fourth-order valence-corrected chi connectivity index (χ4v) is 4.85. The maximum atomic E-state index is 6.13. The molecule has 1 heterocycles. The molecule has 2 aliphatic rings. The fourth-order valence-electron chi connectivity index (χ4n) is 4.85. The van der Waals surface area contributed by atoms with Crippen molar-refractivity contribution in [2.75, 3.05) is 32.8 Å². The van der Waals surface area contributed by atoms with E-state index in [1.54, 1.807) is 0 Å². The second kappa shape index (κ2) is 13.2. The molecule has 1 atom stereocenters. The van der Waals surface area contributed by atoms with Gasteiger partial charge < -0.3 is 14.8 Å². The molecule has 0 spiro atoms. The molecule has 2 aromatic rings. The molecule has 2 aromatic carbocycles. The zero-order valence-electron chi connectivity index (χ0n) is 18.4. The summed E-state index contributed by atoms with van der Waals surface area (Å²) < 4.78 is 12.1. The van der Waals surface area contributed by atoms with Crippen molar-refractivity contribution >= 4 is 24.8 Å². The molecule has 0 amide bonds. The van der Waals surface area contributed by atoms with Gasteiger partial charge in [0.05, 0.1) is 6.61 Å². The Morgan fingerprint density at radius 2 is 1.65 bits per heavy atom. The Hall–Kier alpha value is -1.46. The third-order valence-electron chi connectivity index (χ3n) is 6.24. The number of hydrogen-bond acceptors (Lipinski definition) is 4. The number of hydrogen-bond donors (Lipinski definition) is 1. The molecule has 1 aliphatic heterocycles. The zero-order chi connectivity index (χ0) is 19.9. The maximum absolute atomic E-state index is 6.13. The van der Waals surface area contributed by atoms with Gasteiger partial charge in [-0.15, -0.1) is 24.8 Å². The van der Waals surface area contributed by atoms with Crippen molar-refractivity contribution in [2.45, 2.75) is 45.3 Å². The Bertz CT molecular complexity index is 763. The van der Waals surface area contributed by atoms with Gasteiger partial charge in [-0.3, -0.25) is 4.90 Å². The van der Waals surface area contributed by atoms with Crippen molar-refractivity contribution in [1.82, 2.24) is 10.2 Å². The van der Waals surface area contributed by atoms with Gasteiger partial charge in [-0.2, -0.15) is 0 Å². The van der Waals surface area contributed by atoms with Crippen LogP contribution in [0.15, 0.2) is 48.5 Å². The highest BCUT2D eigenvalue weighted by Crippen LogP contribution is 2.42. The van der Waals surface area contributed by atoms with E-state index in [9.17, 15) is 0 Å². The van der Waals surface area contributed by atoms with Gasteiger partial charge in [-0.1, -0.05) is 49.2 Å². The summed E-state index contributed by atoms with van der Waals surface area (Å²) >= 11 is 0. The number of ether oxygens (including phenoxy) is 2. The summed E-state index contributed by atoms with van der Waals surface area (Å²) in [5.74, 6) is 2.46. The first-order chi connectivity index (χ1) is 14.3. The lowest BCUT2D eigenvalue weighted by molar-refractivity contribution is 0.125. The molecular formula is C25H36Cl2N2O2. The Labute approximate surface area is 199 Å². The number of halogens is 2. The normalized spacial score (nSPS) is 18.0. The molecule has 0 radical (unpaired) electrons. The molecule has 1 aliphatic carbocycles. The van der Waals surface area contributed by atoms with Crippen molar-refractivity contribution in [3.63, 3.8) is 0 Å². The van der Waals surface area contributed by atoms with Crippen LogP contribution in [0.4, 0.5) is 0 Å². The molecule has 4 rings (SSSR count). The van der Waals surface area contributed by atoms with Gasteiger partial charge in [0.25, 0.3) is 0 Å². The monoisotopic (exact) mass is 466 g/mol. The minimum absolute atomic E-state index is 0. The summed E-state index contributed by atoms with van der Waals surface area (Å²) in [6.07, 6.45) is 5.41. The molecule has 2 fully saturated rings. The van der Waals surface area contributed by atoms with Gasteiger partial charge in [0.2, 0.25) is 0 Å². The minimum atomic E-state index is 0. The highest BCUT2D eigenvalue weighted by Gasteiger charge is 2.32. The predicted octanol–water partition coefficient (Wildman–Crippen LogP) is 5.64. The Balaban J connectivity index is 0.00000171. The molecule has 6 heteroatoms. The van der Waals surface area contributed by atoms with Crippen molar-refractivity contribution in [3.8, 4) is 11.5 Å². The van der Waals surface area contributed by atoms with E-state index in [1.165, 1.54) is 36.8 Å². The number of rotatable bonds is 8. The van der Waals surface area contributed by atoms with E-state index in [0.717, 1.165) is 43.6 Å². The summed E-state index contributed by atoms with van der Waals surface area (Å²) in [6.45, 7) is 7.66. The van der Waals surface area contributed by atoms with E-state index in [1.807, 2.05) is 25.1 Å². The Morgan fingerprint density at radius 1 is 0.935 bits per heavy atom. The number of nitrogens with one attached hydrogen (secondary N) is 1. The van der Waals surface area contributed by atoms with Crippen molar-refractivity contribution in [1.29, 1.82) is 0 Å². The zero-order valence-corrected chi connectivity index (χ0v) is 20.1. The molecule has 4 nitrogen and oxygen atoms in total. The first-order valence-corrected chi connectivity index (χ1v) is 11.2. The van der Waals surface area contributed by atoms with E-state index in [2.05, 4.69) is 40.5 Å². The summed E-state index contributed by atoms with van der Waals surface area (Å²) in [6, 6.07) is 17.4. The van der Waals surface area contributed by atoms with Crippen LogP contribution in [-0.4, -0.2) is 37.7 Å². The third-order valence-corrected chi connectivity index (χ3v) is 6.24. The smallest absolute Gasteiger partial charge is 0.161 e. The number of nitrogens with zero attached hydrogens (tertiary/aromatic N) is 1. The van der Waals surface area contributed by atoms with Crippen LogP contribution in [0, 0.1) is 5.92 Å². The Kier molecular flexibility index (Phi) is 11.0. The lowest BCUT2D eigenvalue weighted by Gasteiger charge is -2.39. The topological polar surface area (TPSA) is 33.7 Å². The van der Waals surface area contributed by atoms with Gasteiger partial charge in [-0.05, 0) is 48.9 Å². The number of piperazine rings is 1. The van der Waals surface area contributed by atoms with Crippen LogP contribution in [0.2, 0.25) is 0 Å². The van der Waals surface area contributed by atoms with Crippen LogP contribution >= 0.6 is 24.8 Å². The summed E-state index contributed by atoms with van der Waals surface area (Å²) in [7, 11) is 0. The summed E-state index contributed by atoms with van der Waals surface area (Å²) in [4.78, 5) is 2.68. The first kappa shape index (κ1) is 25.8. The first-order valence-electron chi connectivity index (χ1n) is 11.2. The molecule has 0 aromatic heterocycles. The molecule has 172 valence electrons. The van der Waals surface area contributed by atoms with Crippen LogP contribution in [0.25, 0.3) is 0 Å². The fraction of sp³-hybridized carbons (Fsp3) is 0.520. The summed E-state index contributed by atoms with van der Waals surface area (Å²) in [5.41, 5.74) is 2.55. The molecule has 1 saturated carbocycles. The highest BCUT2D eigenvalue weighted by atomic mass is 35.5. The average Bonchev–Trinajstić information content (AvgIpc) is 3.29. The second-order valence-electron chi connectivity index (χ2n) is 8.19. The van der Waals surface area contributed by atoms with E-state index in [4.69, 9.17) is 9.47 Å². The van der Waals surface area contributed by atoms with E-state index in [-0.39, 0.29) is 24.8 Å². The highest BCUT2D eigenvalue weighted by molar-refractivity contribution is 5.85. The van der Waals surface area contributed by atoms with Gasteiger partial charge >= 0.3 is 0 Å². The predicted molar refractivity (Wildman–Crippen MR) is 132 cm³/mol. The van der Waals surface area contributed by atoms with Crippen LogP contribution in [-0.2, 0) is 6.61 Å². The van der Waals surface area contributed by atoms with Crippen molar-refractivity contribution < 1.29 is 9.47 Å². The minimum Gasteiger partial charge on any atom is -0.490 e. The molecule has 1 saturated heterocycles. The SMILES string of the molecule is CCOc1cc([C@@H](C2CCCC2)N2CCNCC2)ccc1OCc1ccccc1.Cl.Cl. The van der Waals surface area contributed by atoms with E-state index in [0.29, 0.717) is 19.3 Å². The quantitative estimate of drug-likeness (QED) is 0.545. The average molecular weight is 467 g/mol. The number of benzene rings is 2. The maximum Gasteiger partial charge on any atom is 0.161 e. The summed E-state index contributed by atoms with van der Waals surface area (Å²) in [5, 5.41) is 3.50. The lowest BCUT2D eigenvalue weighted by Crippen LogP contribution is -2.46. The van der Waals surface area contributed by atoms with Gasteiger partial charge in [0.1, 0.15) is 6.61 Å². The molecule has 0 unspecified atom stereocenters. The van der Waals surface area contributed by atoms with Crippen molar-refractivity contribution in [2.24, 2.45) is 5.92 Å². The van der Waals surface area contributed by atoms with Gasteiger partial charge in [0.15, 0.2) is 11.5 Å². The molecule has 1 N–H and O–H groups in total. The van der Waals surface area contributed by atoms with Crippen LogP contribution < -0.4 is 14.8 Å². The molecular weight excluding hydrogens is 431 g/mol. The van der Waals surface area contributed by atoms with Gasteiger partial charge in [0, 0.05) is 32.2 Å². The van der Waals surface area contributed by atoms with E-state index < -0.39 is 0 Å². The molecule has 31 heavy (non-hydrogen) atoms. The molecule has 0 bridgehead atoms. The van der Waals surface area contributed by atoms with Crippen LogP contribution in [0.1, 0.15) is 49.8 Å². The lowest BCUT2D eigenvalue weighted by atomic mass is 9.89. The van der Waals surface area contributed by atoms with Crippen LogP contribution in [0.5, 0.6) is 11.5 Å². The van der Waals surface area contributed by atoms with Crippen LogP contribution in [0.3, 0.4) is 0 Å².